The number of fused-ring (bicyclic) bond motifs is 1. The minimum atomic E-state index is -1.84. The predicted molar refractivity (Wildman–Crippen MR) is 171 cm³/mol. The number of hydrogen-bond acceptors (Lipinski definition) is 16. The summed E-state index contributed by atoms with van der Waals surface area (Å²) < 4.78 is 1.43. The van der Waals surface area contributed by atoms with E-state index in [-0.39, 0.29) is 45.0 Å². The van der Waals surface area contributed by atoms with Gasteiger partial charge in [-0.2, -0.15) is 0 Å². The molecule has 1 fully saturated rings. The molecule has 5 rings (SSSR count). The largest absolute Gasteiger partial charge is 0.504 e. The van der Waals surface area contributed by atoms with Crippen LogP contribution >= 0.6 is 34.9 Å². The fourth-order valence-electron chi connectivity index (χ4n) is 4.67. The number of hydrogen-bond donors (Lipinski definition) is 8. The van der Waals surface area contributed by atoms with E-state index in [9.17, 15) is 49.5 Å². The molecule has 22 heteroatoms. The number of carboxylic acid groups (broad SMARTS) is 3. The molecule has 256 valence electrons. The number of rotatable bonds is 12. The van der Waals surface area contributed by atoms with Gasteiger partial charge in [-0.3, -0.25) is 14.5 Å². The van der Waals surface area contributed by atoms with Crippen molar-refractivity contribution < 1.29 is 58.9 Å². The number of amides is 2. The van der Waals surface area contributed by atoms with E-state index in [0.29, 0.717) is 10.7 Å². The third-order valence-electron chi connectivity index (χ3n) is 7.01. The number of nitrogens with zero attached hydrogens (tertiary/aromatic N) is 5. The van der Waals surface area contributed by atoms with E-state index < -0.39 is 64.5 Å². The monoisotopic (exact) mass is 733 g/mol. The van der Waals surface area contributed by atoms with Gasteiger partial charge in [0.1, 0.15) is 29.0 Å². The van der Waals surface area contributed by atoms with Gasteiger partial charge in [0.25, 0.3) is 17.6 Å². The molecule has 0 radical (unpaired) electrons. The number of thioether (sulfide) groups is 2. The Bertz CT molecular complexity index is 1970. The number of aromatic nitrogens is 3. The van der Waals surface area contributed by atoms with Crippen LogP contribution in [0.3, 0.4) is 0 Å². The van der Waals surface area contributed by atoms with Crippen LogP contribution in [0.2, 0.25) is 0 Å². The number of oxime groups is 1. The van der Waals surface area contributed by atoms with Gasteiger partial charge in [0.15, 0.2) is 27.9 Å². The van der Waals surface area contributed by atoms with Crippen molar-refractivity contribution in [2.75, 3.05) is 23.0 Å². The topological polar surface area (TPSA) is 305 Å². The molecule has 2 aliphatic rings. The highest BCUT2D eigenvalue weighted by atomic mass is 32.2. The molecule has 10 N–H and O–H groups in total. The summed E-state index contributed by atoms with van der Waals surface area (Å²) in [5.41, 5.74) is 10.6. The van der Waals surface area contributed by atoms with E-state index in [4.69, 9.17) is 16.3 Å². The first-order valence-corrected chi connectivity index (χ1v) is 16.5. The second kappa shape index (κ2) is 13.9. The molecule has 1 saturated heterocycles. The number of benzene rings is 1. The summed E-state index contributed by atoms with van der Waals surface area (Å²) in [5.74, 6) is -7.09. The first-order valence-electron chi connectivity index (χ1n) is 13.6. The number of anilines is 2. The molecule has 2 aliphatic heterocycles. The second-order valence-corrected chi connectivity index (χ2v) is 13.2. The number of phenolic OH excluding ortho intramolecular Hbond substituents is 2. The molecule has 3 atom stereocenters. The van der Waals surface area contributed by atoms with E-state index >= 15 is 0 Å². The molecular weight excluding hydrogens is 709 g/mol. The van der Waals surface area contributed by atoms with Crippen LogP contribution < -0.4 is 21.4 Å². The van der Waals surface area contributed by atoms with Crippen LogP contribution in [-0.2, 0) is 31.1 Å². The van der Waals surface area contributed by atoms with Crippen LogP contribution in [0.5, 0.6) is 11.5 Å². The number of aryl methyl sites for hydroxylation is 1. The predicted octanol–water partition coefficient (Wildman–Crippen LogP) is -0.286. The SMILES string of the molecule is C[n+]1cc(C(=O)O)c(N)nc1SCC1=C(C(=O)O)N2C(=O)C(NC(=O)/C(=N\OC(C(=O)O)c3ccc(O)c(O)c3)c3csc(N)n3)[C@H]2SC1. The maximum Gasteiger partial charge on any atom is 0.361 e. The average molecular weight is 734 g/mol. The summed E-state index contributed by atoms with van der Waals surface area (Å²) >= 11 is 3.20. The number of nitrogens with one attached hydrogen (secondary N) is 1. The fourth-order valence-corrected chi connectivity index (χ4v) is 7.65. The van der Waals surface area contributed by atoms with Gasteiger partial charge in [0.05, 0.1) is 7.05 Å². The van der Waals surface area contributed by atoms with Crippen LogP contribution in [0.25, 0.3) is 0 Å². The molecule has 2 aromatic heterocycles. The van der Waals surface area contributed by atoms with Crippen molar-refractivity contribution in [2.24, 2.45) is 12.2 Å². The van der Waals surface area contributed by atoms with Gasteiger partial charge in [-0.1, -0.05) is 11.2 Å². The molecule has 49 heavy (non-hydrogen) atoms. The standard InChI is InChI=1S/C27H24N8O11S3/c1-34-5-11(23(40)41)19(28)32-27(34)49-7-10-6-47-22-16(21(39)35(22)17(10)24(42)43)31-20(38)15(12-8-48-26(29)30-12)33-46-18(25(44)45)9-2-3-13(36)14(37)4-9/h2-5,8,16,18,22,28H,6-7H2,1H3,(H8,29,30,31,33,36,37,38,40,41,42,43,44,45)/p+1/t16?,18?,22-/m1/s1. The Morgan fingerprint density at radius 1 is 1.16 bits per heavy atom. The van der Waals surface area contributed by atoms with Gasteiger partial charge >= 0.3 is 23.1 Å². The van der Waals surface area contributed by atoms with Crippen LogP contribution in [-0.4, -0.2) is 98.8 Å². The van der Waals surface area contributed by atoms with E-state index in [1.54, 1.807) is 7.05 Å². The van der Waals surface area contributed by atoms with Crippen molar-refractivity contribution in [1.29, 1.82) is 0 Å². The lowest BCUT2D eigenvalue weighted by atomic mass is 10.0. The van der Waals surface area contributed by atoms with Gasteiger partial charge in [0.2, 0.25) is 6.10 Å². The molecule has 2 unspecified atom stereocenters. The zero-order valence-electron chi connectivity index (χ0n) is 24.8. The highest BCUT2D eigenvalue weighted by molar-refractivity contribution is 8.01. The average Bonchev–Trinajstić information content (AvgIpc) is 3.47. The molecule has 0 aliphatic carbocycles. The first kappa shape index (κ1) is 34.7. The van der Waals surface area contributed by atoms with Crippen molar-refractivity contribution in [1.82, 2.24) is 20.2 Å². The highest BCUT2D eigenvalue weighted by Crippen LogP contribution is 2.41. The number of carbonyl (C=O) groups is 5. The molecule has 4 heterocycles. The Hall–Kier alpha value is -5.61. The lowest BCUT2D eigenvalue weighted by molar-refractivity contribution is -0.713. The van der Waals surface area contributed by atoms with Gasteiger partial charge in [-0.15, -0.1) is 23.1 Å². The highest BCUT2D eigenvalue weighted by Gasteiger charge is 2.54. The maximum absolute atomic E-state index is 13.5. The number of β-lactam (4-membered cyclic amide) rings is 1. The quantitative estimate of drug-likeness (QED) is 0.0226. The minimum Gasteiger partial charge on any atom is -0.504 e. The molecule has 19 nitrogen and oxygen atoms in total. The van der Waals surface area contributed by atoms with Crippen molar-refractivity contribution in [3.8, 4) is 11.5 Å². The van der Waals surface area contributed by atoms with Crippen LogP contribution in [0.1, 0.15) is 27.7 Å². The van der Waals surface area contributed by atoms with E-state index in [2.05, 4.69) is 20.4 Å². The van der Waals surface area contributed by atoms with Crippen molar-refractivity contribution in [3.05, 3.63) is 57.9 Å². The van der Waals surface area contributed by atoms with Crippen molar-refractivity contribution in [3.63, 3.8) is 0 Å². The number of aromatic carboxylic acids is 1. The molecule has 0 spiro atoms. The van der Waals surface area contributed by atoms with Crippen LogP contribution in [0.4, 0.5) is 10.9 Å². The lowest BCUT2D eigenvalue weighted by Crippen LogP contribution is -2.71. The number of thiazole rings is 1. The smallest absolute Gasteiger partial charge is 0.361 e. The number of carbonyl (C=O) groups excluding carboxylic acids is 2. The van der Waals surface area contributed by atoms with Crippen molar-refractivity contribution in [2.45, 2.75) is 22.7 Å². The van der Waals surface area contributed by atoms with Gasteiger partial charge in [-0.25, -0.2) is 23.9 Å². The summed E-state index contributed by atoms with van der Waals surface area (Å²) in [6, 6.07) is 1.92. The first-order chi connectivity index (χ1) is 23.2. The van der Waals surface area contributed by atoms with Gasteiger partial charge in [0, 0.05) is 22.4 Å². The van der Waals surface area contributed by atoms with Crippen LogP contribution in [0, 0.1) is 0 Å². The fraction of sp³-hybridized carbons (Fsp3) is 0.222. The summed E-state index contributed by atoms with van der Waals surface area (Å²) in [4.78, 5) is 76.7. The Balaban J connectivity index is 1.35. The van der Waals surface area contributed by atoms with E-state index in [1.807, 2.05) is 0 Å². The molecule has 0 bridgehead atoms. The Kier molecular flexibility index (Phi) is 9.82. The van der Waals surface area contributed by atoms with Crippen LogP contribution in [0.15, 0.2) is 51.4 Å². The number of aliphatic carboxylic acids is 2. The number of phenols is 2. The normalized spacial score (nSPS) is 17.9. The molecule has 0 saturated carbocycles. The molecular formula is C27H25N8O11S3+. The summed E-state index contributed by atoms with van der Waals surface area (Å²) in [6.07, 6.45) is -0.566. The van der Waals surface area contributed by atoms with E-state index in [0.717, 1.165) is 46.2 Å². The summed E-state index contributed by atoms with van der Waals surface area (Å²) in [5, 5.41) is 55.4. The van der Waals surface area contributed by atoms with E-state index in [1.165, 1.54) is 27.9 Å². The third kappa shape index (κ3) is 7.00. The zero-order valence-corrected chi connectivity index (χ0v) is 27.3. The van der Waals surface area contributed by atoms with Gasteiger partial charge < -0.3 is 47.2 Å². The zero-order chi connectivity index (χ0) is 35.7. The number of nitrogens with two attached hydrogens (primary N) is 2. The number of carboxylic acids is 3. The number of nitrogen functional groups attached to an aromatic ring is 2. The van der Waals surface area contributed by atoms with Crippen molar-refractivity contribution >= 4 is 81.2 Å². The molecule has 2 amide bonds. The molecule has 1 aromatic carbocycles. The Labute approximate surface area is 286 Å². The number of aromatic hydroxyl groups is 2. The second-order valence-electron chi connectivity index (χ2n) is 10.2. The Morgan fingerprint density at radius 3 is 2.51 bits per heavy atom. The van der Waals surface area contributed by atoms with Gasteiger partial charge in [-0.05, 0) is 34.5 Å². The molecule has 3 aromatic rings. The Morgan fingerprint density at radius 2 is 1.90 bits per heavy atom. The lowest BCUT2D eigenvalue weighted by Gasteiger charge is -2.49. The summed E-state index contributed by atoms with van der Waals surface area (Å²) in [6.45, 7) is 0. The maximum atomic E-state index is 13.5. The summed E-state index contributed by atoms with van der Waals surface area (Å²) in [7, 11) is 1.55. The third-order valence-corrected chi connectivity index (χ3v) is 10.2. The minimum absolute atomic E-state index is 0.0356.